The van der Waals surface area contributed by atoms with Crippen LogP contribution in [-0.2, 0) is 50.5 Å². The summed E-state index contributed by atoms with van der Waals surface area (Å²) in [6.45, 7) is 0. The van der Waals surface area contributed by atoms with Crippen LogP contribution in [0.4, 0.5) is 0 Å². The normalized spacial score (nSPS) is 19.0. The van der Waals surface area contributed by atoms with E-state index in [1.165, 1.54) is 48.5 Å². The summed E-state index contributed by atoms with van der Waals surface area (Å²) in [4.78, 5) is 13.7. The van der Waals surface area contributed by atoms with Crippen molar-refractivity contribution in [1.29, 1.82) is 0 Å². The van der Waals surface area contributed by atoms with E-state index in [1.807, 2.05) is 24.3 Å². The topological polar surface area (TPSA) is 109 Å². The SMILES string of the molecule is O=C(C(Cl)c1ccc2c(c1)CC(NS(=O)(=O)c1ccc(Cl)cc1)C2)C(Cl)c1ccc2c(c1)CC(NS(=O)(=O)c1ccc(Cl)cc1)C2. The minimum atomic E-state index is -3.74. The average Bonchev–Trinajstić information content (AvgIpc) is 3.61. The van der Waals surface area contributed by atoms with Gasteiger partial charge in [0.05, 0.1) is 9.79 Å². The number of rotatable bonds is 10. The highest BCUT2D eigenvalue weighted by Gasteiger charge is 2.32. The van der Waals surface area contributed by atoms with Crippen LogP contribution in [0.15, 0.2) is 94.7 Å². The van der Waals surface area contributed by atoms with E-state index in [-0.39, 0.29) is 27.7 Å². The van der Waals surface area contributed by atoms with Gasteiger partial charge in [-0.3, -0.25) is 4.79 Å². The molecule has 0 aliphatic heterocycles. The van der Waals surface area contributed by atoms with Crippen LogP contribution in [-0.4, -0.2) is 34.7 Å². The summed E-state index contributed by atoms with van der Waals surface area (Å²) in [6, 6.07) is 22.2. The van der Waals surface area contributed by atoms with Crippen molar-refractivity contribution in [3.8, 4) is 0 Å². The maximum Gasteiger partial charge on any atom is 0.240 e. The molecule has 0 aromatic heterocycles. The molecule has 0 saturated heterocycles. The number of carbonyl (C=O) groups is 1. The molecular formula is C33H28Cl4N2O5S2. The Morgan fingerprint density at radius 1 is 0.565 bits per heavy atom. The van der Waals surface area contributed by atoms with Crippen molar-refractivity contribution in [2.75, 3.05) is 0 Å². The lowest BCUT2D eigenvalue weighted by atomic mass is 9.97. The molecule has 4 aromatic rings. The zero-order valence-corrected chi connectivity index (χ0v) is 28.7. The van der Waals surface area contributed by atoms with E-state index in [9.17, 15) is 21.6 Å². The molecule has 46 heavy (non-hydrogen) atoms. The van der Waals surface area contributed by atoms with Crippen LogP contribution in [0.25, 0.3) is 0 Å². The van der Waals surface area contributed by atoms with Crippen LogP contribution >= 0.6 is 46.4 Å². The van der Waals surface area contributed by atoms with Gasteiger partial charge in [-0.15, -0.1) is 23.2 Å². The molecule has 0 saturated carbocycles. The summed E-state index contributed by atoms with van der Waals surface area (Å²) in [6.07, 6.45) is 1.92. The van der Waals surface area contributed by atoms with Gasteiger partial charge in [-0.1, -0.05) is 59.6 Å². The lowest BCUT2D eigenvalue weighted by Crippen LogP contribution is -2.35. The molecule has 240 valence electrons. The number of benzene rings is 4. The van der Waals surface area contributed by atoms with Gasteiger partial charge in [0.25, 0.3) is 0 Å². The molecule has 2 aliphatic carbocycles. The number of hydrogen-bond acceptors (Lipinski definition) is 5. The Labute approximate surface area is 288 Å². The molecule has 0 fully saturated rings. The fourth-order valence-electron chi connectivity index (χ4n) is 6.02. The summed E-state index contributed by atoms with van der Waals surface area (Å²) in [5.41, 5.74) is 4.94. The van der Waals surface area contributed by atoms with E-state index in [0.29, 0.717) is 46.9 Å². The first-order valence-corrected chi connectivity index (χ1v) is 19.0. The smallest absolute Gasteiger partial charge is 0.240 e. The summed E-state index contributed by atoms with van der Waals surface area (Å²) < 4.78 is 57.0. The van der Waals surface area contributed by atoms with E-state index >= 15 is 0 Å². The first-order chi connectivity index (χ1) is 21.8. The molecule has 0 amide bonds. The quantitative estimate of drug-likeness (QED) is 0.176. The van der Waals surface area contributed by atoms with Crippen LogP contribution in [0.5, 0.6) is 0 Å². The van der Waals surface area contributed by atoms with Gasteiger partial charge >= 0.3 is 0 Å². The average molecular weight is 739 g/mol. The highest BCUT2D eigenvalue weighted by Crippen LogP contribution is 2.36. The molecule has 4 atom stereocenters. The summed E-state index contributed by atoms with van der Waals surface area (Å²) >= 11 is 25.1. The predicted molar refractivity (Wildman–Crippen MR) is 181 cm³/mol. The largest absolute Gasteiger partial charge is 0.296 e. The Balaban J connectivity index is 1.09. The number of ketones is 1. The molecule has 13 heteroatoms. The Morgan fingerprint density at radius 2 is 0.913 bits per heavy atom. The molecule has 2 N–H and O–H groups in total. The highest BCUT2D eigenvalue weighted by molar-refractivity contribution is 7.89. The molecule has 0 bridgehead atoms. The van der Waals surface area contributed by atoms with Crippen LogP contribution in [0.1, 0.15) is 44.1 Å². The zero-order chi connectivity index (χ0) is 32.8. The number of alkyl halides is 2. The van der Waals surface area contributed by atoms with Crippen LogP contribution in [0.3, 0.4) is 0 Å². The van der Waals surface area contributed by atoms with Gasteiger partial charge < -0.3 is 0 Å². The molecule has 4 aromatic carbocycles. The minimum absolute atomic E-state index is 0.134. The van der Waals surface area contributed by atoms with Gasteiger partial charge in [-0.05, 0) is 108 Å². The maximum absolute atomic E-state index is 13.4. The van der Waals surface area contributed by atoms with Crippen molar-refractivity contribution in [1.82, 2.24) is 9.44 Å². The van der Waals surface area contributed by atoms with E-state index < -0.39 is 30.8 Å². The van der Waals surface area contributed by atoms with Crippen molar-refractivity contribution in [2.24, 2.45) is 0 Å². The number of hydrogen-bond donors (Lipinski definition) is 2. The summed E-state index contributed by atoms with van der Waals surface area (Å²) in [7, 11) is -7.47. The van der Waals surface area contributed by atoms with E-state index in [1.54, 1.807) is 12.1 Å². The number of Topliss-reactive ketones (excluding diaryl/α,β-unsaturated/α-hetero) is 1. The lowest BCUT2D eigenvalue weighted by Gasteiger charge is -2.16. The number of carbonyl (C=O) groups excluding carboxylic acids is 1. The van der Waals surface area contributed by atoms with Gasteiger partial charge in [0.1, 0.15) is 10.8 Å². The monoisotopic (exact) mass is 736 g/mol. The number of halogens is 4. The molecule has 4 unspecified atom stereocenters. The third kappa shape index (κ3) is 7.17. The van der Waals surface area contributed by atoms with Gasteiger partial charge in [-0.25, -0.2) is 26.3 Å². The Morgan fingerprint density at radius 3 is 1.28 bits per heavy atom. The van der Waals surface area contributed by atoms with E-state index in [4.69, 9.17) is 46.4 Å². The van der Waals surface area contributed by atoms with E-state index in [2.05, 4.69) is 9.44 Å². The first kappa shape index (κ1) is 33.4. The number of sulfonamides is 2. The maximum atomic E-state index is 13.4. The van der Waals surface area contributed by atoms with Crippen LogP contribution in [0, 0.1) is 0 Å². The second-order valence-electron chi connectivity index (χ2n) is 11.5. The van der Waals surface area contributed by atoms with Crippen molar-refractivity contribution in [3.63, 3.8) is 0 Å². The van der Waals surface area contributed by atoms with Gasteiger partial charge in [-0.2, -0.15) is 0 Å². The molecule has 7 nitrogen and oxygen atoms in total. The summed E-state index contributed by atoms with van der Waals surface area (Å²) in [5.74, 6) is -0.390. The minimum Gasteiger partial charge on any atom is -0.296 e. The third-order valence-corrected chi connectivity index (χ3v) is 12.8. The molecule has 0 spiro atoms. The van der Waals surface area contributed by atoms with Crippen LogP contribution < -0.4 is 9.44 Å². The third-order valence-electron chi connectivity index (χ3n) is 8.30. The van der Waals surface area contributed by atoms with Gasteiger partial charge in [0, 0.05) is 22.1 Å². The standard InChI is InChI=1S/C33H28Cl4N2O5S2/c34-25-5-9-29(10-6-25)45(41,42)38-27-15-19-1-3-21(13-23(19)17-27)31(36)33(40)32(37)22-4-2-20-16-28(18-24(20)14-22)39-46(43,44)30-11-7-26(35)8-12-30/h1-14,27-28,31-32,38-39H,15-18H2. The molecule has 2 aliphatic rings. The Bertz CT molecular complexity index is 1880. The second kappa shape index (κ2) is 13.2. The molecular weight excluding hydrogens is 710 g/mol. The second-order valence-corrected chi connectivity index (χ2v) is 16.7. The molecule has 0 heterocycles. The van der Waals surface area contributed by atoms with Gasteiger partial charge in [0.2, 0.25) is 20.0 Å². The lowest BCUT2D eigenvalue weighted by molar-refractivity contribution is -0.118. The summed E-state index contributed by atoms with van der Waals surface area (Å²) in [5, 5.41) is -1.15. The predicted octanol–water partition coefficient (Wildman–Crippen LogP) is 6.71. The molecule has 6 rings (SSSR count). The Hall–Kier alpha value is -2.47. The number of fused-ring (bicyclic) bond motifs is 2. The van der Waals surface area contributed by atoms with Crippen molar-refractivity contribution < 1.29 is 21.6 Å². The van der Waals surface area contributed by atoms with Gasteiger partial charge in [0.15, 0.2) is 5.78 Å². The zero-order valence-electron chi connectivity index (χ0n) is 24.1. The fraction of sp³-hybridized carbons (Fsp3) is 0.242. The number of nitrogens with one attached hydrogen (secondary N) is 2. The van der Waals surface area contributed by atoms with Crippen molar-refractivity contribution >= 4 is 72.2 Å². The first-order valence-electron chi connectivity index (χ1n) is 14.4. The van der Waals surface area contributed by atoms with Crippen LogP contribution in [0.2, 0.25) is 10.0 Å². The van der Waals surface area contributed by atoms with Crippen molar-refractivity contribution in [2.45, 2.75) is 58.3 Å². The van der Waals surface area contributed by atoms with Crippen molar-refractivity contribution in [3.05, 3.63) is 128 Å². The molecule has 0 radical (unpaired) electrons. The fourth-order valence-corrected chi connectivity index (χ4v) is 9.33. The highest BCUT2D eigenvalue weighted by atomic mass is 35.5. The van der Waals surface area contributed by atoms with E-state index in [0.717, 1.165) is 22.3 Å². The Kier molecular flexibility index (Phi) is 9.60.